The first-order valence-electron chi connectivity index (χ1n) is 4.18. The van der Waals surface area contributed by atoms with Crippen molar-refractivity contribution in [3.05, 3.63) is 35.4 Å². The summed E-state index contributed by atoms with van der Waals surface area (Å²) >= 11 is 0. The van der Waals surface area contributed by atoms with E-state index in [4.69, 9.17) is 10.2 Å². The molecule has 1 rings (SSSR count). The van der Waals surface area contributed by atoms with Gasteiger partial charge in [0.05, 0.1) is 11.1 Å². The van der Waals surface area contributed by atoms with E-state index >= 15 is 0 Å². The molecule has 0 aliphatic carbocycles. The Bertz CT molecular complexity index is 316. The van der Waals surface area contributed by atoms with E-state index in [1.807, 2.05) is 14.1 Å². The summed E-state index contributed by atoms with van der Waals surface area (Å²) in [6.45, 7) is 0. The highest BCUT2D eigenvalue weighted by Gasteiger charge is 2.13. The Labute approximate surface area is 87.4 Å². The molecule has 0 aromatic heterocycles. The summed E-state index contributed by atoms with van der Waals surface area (Å²) < 4.78 is 0. The smallest absolute Gasteiger partial charge is 0.336 e. The number of carboxylic acids is 2. The van der Waals surface area contributed by atoms with E-state index < -0.39 is 11.9 Å². The number of benzene rings is 1. The van der Waals surface area contributed by atoms with Crippen molar-refractivity contribution in [3.8, 4) is 0 Å². The molecule has 0 atom stereocenters. The van der Waals surface area contributed by atoms with Gasteiger partial charge in [0.2, 0.25) is 0 Å². The Morgan fingerprint density at radius 2 is 1.27 bits per heavy atom. The number of rotatable bonds is 2. The van der Waals surface area contributed by atoms with Crippen LogP contribution in [0.1, 0.15) is 20.7 Å². The van der Waals surface area contributed by atoms with Crippen LogP contribution in [0.25, 0.3) is 0 Å². The summed E-state index contributed by atoms with van der Waals surface area (Å²) in [5.41, 5.74) is -0.380. The highest BCUT2D eigenvalue weighted by atomic mass is 16.4. The molecule has 0 fully saturated rings. The summed E-state index contributed by atoms with van der Waals surface area (Å²) in [7, 11) is 3.75. The van der Waals surface area contributed by atoms with Crippen LogP contribution in [0.2, 0.25) is 0 Å². The van der Waals surface area contributed by atoms with E-state index in [0.717, 1.165) is 0 Å². The minimum atomic E-state index is -1.23. The van der Waals surface area contributed by atoms with Gasteiger partial charge in [0.15, 0.2) is 0 Å². The van der Waals surface area contributed by atoms with Gasteiger partial charge in [0.25, 0.3) is 0 Å². The van der Waals surface area contributed by atoms with Crippen LogP contribution in [0.5, 0.6) is 0 Å². The van der Waals surface area contributed by atoms with Crippen LogP contribution in [0, 0.1) is 0 Å². The molecule has 5 nitrogen and oxygen atoms in total. The fourth-order valence-electron chi connectivity index (χ4n) is 0.856. The Kier molecular flexibility index (Phi) is 5.73. The zero-order valence-corrected chi connectivity index (χ0v) is 8.52. The van der Waals surface area contributed by atoms with Crippen molar-refractivity contribution in [2.45, 2.75) is 0 Å². The third-order valence-corrected chi connectivity index (χ3v) is 1.39. The SMILES string of the molecule is CNC.O=C(O)c1ccccc1C(=O)O. The van der Waals surface area contributed by atoms with Gasteiger partial charge in [-0.15, -0.1) is 0 Å². The molecule has 82 valence electrons. The largest absolute Gasteiger partial charge is 0.478 e. The van der Waals surface area contributed by atoms with Gasteiger partial charge in [-0.25, -0.2) is 9.59 Å². The van der Waals surface area contributed by atoms with E-state index in [-0.39, 0.29) is 11.1 Å². The van der Waals surface area contributed by atoms with Crippen molar-refractivity contribution in [1.29, 1.82) is 0 Å². The molecule has 5 heteroatoms. The summed E-state index contributed by atoms with van der Waals surface area (Å²) in [4.78, 5) is 20.9. The monoisotopic (exact) mass is 211 g/mol. The third kappa shape index (κ3) is 4.24. The van der Waals surface area contributed by atoms with Gasteiger partial charge in [-0.05, 0) is 26.2 Å². The van der Waals surface area contributed by atoms with Crippen LogP contribution in [-0.2, 0) is 0 Å². The molecule has 0 amide bonds. The highest BCUT2D eigenvalue weighted by Crippen LogP contribution is 2.07. The molecule has 0 spiro atoms. The van der Waals surface area contributed by atoms with Gasteiger partial charge in [-0.1, -0.05) is 12.1 Å². The number of carbonyl (C=O) groups is 2. The van der Waals surface area contributed by atoms with E-state index in [1.165, 1.54) is 24.3 Å². The average Bonchev–Trinajstić information content (AvgIpc) is 2.19. The summed E-state index contributed by atoms with van der Waals surface area (Å²) in [6.07, 6.45) is 0. The van der Waals surface area contributed by atoms with Crippen molar-refractivity contribution < 1.29 is 19.8 Å². The molecular formula is C10H13NO4. The van der Waals surface area contributed by atoms with Crippen LogP contribution in [0.3, 0.4) is 0 Å². The summed E-state index contributed by atoms with van der Waals surface area (Å²) in [5.74, 6) is -2.46. The van der Waals surface area contributed by atoms with Crippen LogP contribution in [0.4, 0.5) is 0 Å². The predicted octanol–water partition coefficient (Wildman–Crippen LogP) is 0.919. The predicted molar refractivity (Wildman–Crippen MR) is 55.3 cm³/mol. The fourth-order valence-corrected chi connectivity index (χ4v) is 0.856. The molecule has 0 saturated carbocycles. The van der Waals surface area contributed by atoms with E-state index in [2.05, 4.69) is 5.32 Å². The minimum absolute atomic E-state index is 0.190. The number of aromatic carboxylic acids is 2. The molecule has 0 bridgehead atoms. The number of carboxylic acid groups (broad SMARTS) is 2. The van der Waals surface area contributed by atoms with Crippen molar-refractivity contribution in [1.82, 2.24) is 5.32 Å². The fraction of sp³-hybridized carbons (Fsp3) is 0.200. The molecule has 0 unspecified atom stereocenters. The number of hydrogen-bond donors (Lipinski definition) is 3. The molecule has 0 radical (unpaired) electrons. The van der Waals surface area contributed by atoms with Crippen molar-refractivity contribution in [3.63, 3.8) is 0 Å². The maximum atomic E-state index is 10.5. The van der Waals surface area contributed by atoms with Crippen LogP contribution in [0.15, 0.2) is 24.3 Å². The number of nitrogens with one attached hydrogen (secondary N) is 1. The Balaban J connectivity index is 0.000000583. The van der Waals surface area contributed by atoms with Gasteiger partial charge in [-0.2, -0.15) is 0 Å². The normalized spacial score (nSPS) is 8.67. The minimum Gasteiger partial charge on any atom is -0.478 e. The Morgan fingerprint density at radius 3 is 1.47 bits per heavy atom. The Hall–Kier alpha value is -1.88. The average molecular weight is 211 g/mol. The first-order valence-corrected chi connectivity index (χ1v) is 4.18. The molecule has 0 saturated heterocycles. The van der Waals surface area contributed by atoms with Crippen LogP contribution in [-0.4, -0.2) is 36.2 Å². The van der Waals surface area contributed by atoms with E-state index in [1.54, 1.807) is 0 Å². The lowest BCUT2D eigenvalue weighted by Gasteiger charge is -1.98. The molecular weight excluding hydrogens is 198 g/mol. The summed E-state index contributed by atoms with van der Waals surface area (Å²) in [6, 6.07) is 5.48. The van der Waals surface area contributed by atoms with Gasteiger partial charge in [0.1, 0.15) is 0 Å². The van der Waals surface area contributed by atoms with Gasteiger partial charge >= 0.3 is 11.9 Å². The van der Waals surface area contributed by atoms with Crippen molar-refractivity contribution >= 4 is 11.9 Å². The second-order valence-electron chi connectivity index (χ2n) is 2.66. The van der Waals surface area contributed by atoms with Gasteiger partial charge < -0.3 is 15.5 Å². The first kappa shape index (κ1) is 13.1. The third-order valence-electron chi connectivity index (χ3n) is 1.39. The lowest BCUT2D eigenvalue weighted by atomic mass is 10.1. The zero-order chi connectivity index (χ0) is 11.8. The van der Waals surface area contributed by atoms with Crippen molar-refractivity contribution in [2.24, 2.45) is 0 Å². The zero-order valence-electron chi connectivity index (χ0n) is 8.52. The second kappa shape index (κ2) is 6.56. The molecule has 0 aliphatic rings. The summed E-state index contributed by atoms with van der Waals surface area (Å²) in [5, 5.41) is 19.9. The maximum absolute atomic E-state index is 10.5. The lowest BCUT2D eigenvalue weighted by molar-refractivity contribution is 0.0651. The van der Waals surface area contributed by atoms with Crippen LogP contribution < -0.4 is 5.32 Å². The lowest BCUT2D eigenvalue weighted by Crippen LogP contribution is -2.06. The molecule has 15 heavy (non-hydrogen) atoms. The Morgan fingerprint density at radius 1 is 1.00 bits per heavy atom. The van der Waals surface area contributed by atoms with Crippen molar-refractivity contribution in [2.75, 3.05) is 14.1 Å². The van der Waals surface area contributed by atoms with Crippen LogP contribution >= 0.6 is 0 Å². The molecule has 0 aliphatic heterocycles. The second-order valence-corrected chi connectivity index (χ2v) is 2.66. The quantitative estimate of drug-likeness (QED) is 0.677. The molecule has 3 N–H and O–H groups in total. The molecule has 0 heterocycles. The number of hydrogen-bond acceptors (Lipinski definition) is 3. The molecule has 1 aromatic rings. The highest BCUT2D eigenvalue weighted by molar-refractivity contribution is 6.01. The maximum Gasteiger partial charge on any atom is 0.336 e. The van der Waals surface area contributed by atoms with Gasteiger partial charge in [-0.3, -0.25) is 0 Å². The first-order chi connectivity index (χ1) is 7.04. The molecule has 1 aromatic carbocycles. The standard InChI is InChI=1S/C8H6O4.C2H7N/c9-7(10)5-3-1-2-4-6(5)8(11)12;1-3-2/h1-4H,(H,9,10)(H,11,12);3H,1-2H3. The topological polar surface area (TPSA) is 86.6 Å². The van der Waals surface area contributed by atoms with E-state index in [9.17, 15) is 9.59 Å². The van der Waals surface area contributed by atoms with Gasteiger partial charge in [0, 0.05) is 0 Å². The van der Waals surface area contributed by atoms with E-state index in [0.29, 0.717) is 0 Å².